The molecule has 0 aliphatic carbocycles. The van der Waals surface area contributed by atoms with Crippen molar-refractivity contribution in [3.05, 3.63) is 16.2 Å². The third-order valence-electron chi connectivity index (χ3n) is 2.55. The van der Waals surface area contributed by atoms with E-state index < -0.39 is 4.92 Å². The molecule has 0 saturated heterocycles. The highest BCUT2D eigenvalue weighted by Crippen LogP contribution is 2.38. The summed E-state index contributed by atoms with van der Waals surface area (Å²) in [6, 6.07) is 1.65. The summed E-state index contributed by atoms with van der Waals surface area (Å²) in [5.74, 6) is 0.860. The van der Waals surface area contributed by atoms with Gasteiger partial charge >= 0.3 is 5.69 Å². The number of aliphatic hydroxyl groups excluding tert-OH is 1. The molecule has 0 saturated carbocycles. The molecule has 0 fully saturated rings. The van der Waals surface area contributed by atoms with Crippen LogP contribution < -0.4 is 5.32 Å². The number of nitro groups is 1. The maximum Gasteiger partial charge on any atom is 0.323 e. The predicted octanol–water partition coefficient (Wildman–Crippen LogP) is 2.04. The number of aliphatic hydroxyl groups is 1. The maximum atomic E-state index is 11.2. The summed E-state index contributed by atoms with van der Waals surface area (Å²) in [7, 11) is 0. The molecular weight excluding hydrogens is 284 g/mol. The minimum Gasteiger partial charge on any atom is -0.395 e. The molecule has 0 atom stereocenters. The third kappa shape index (κ3) is 2.83. The molecular formula is C11H14N4O4S. The van der Waals surface area contributed by atoms with Gasteiger partial charge in [-0.1, -0.05) is 6.92 Å². The first-order chi connectivity index (χ1) is 9.69. The van der Waals surface area contributed by atoms with Crippen LogP contribution in [0.25, 0.3) is 11.0 Å². The first-order valence-corrected chi connectivity index (χ1v) is 7.08. The largest absolute Gasteiger partial charge is 0.395 e. The van der Waals surface area contributed by atoms with Crippen molar-refractivity contribution in [2.24, 2.45) is 0 Å². The van der Waals surface area contributed by atoms with Gasteiger partial charge in [0.2, 0.25) is 5.52 Å². The van der Waals surface area contributed by atoms with Gasteiger partial charge in [0.05, 0.1) is 11.5 Å². The van der Waals surface area contributed by atoms with Gasteiger partial charge in [-0.3, -0.25) is 10.1 Å². The van der Waals surface area contributed by atoms with E-state index in [1.165, 1.54) is 11.8 Å². The zero-order valence-corrected chi connectivity index (χ0v) is 11.6. The fourth-order valence-corrected chi connectivity index (χ4v) is 2.63. The number of nitro benzene ring substituents is 1. The van der Waals surface area contributed by atoms with Gasteiger partial charge in [0.15, 0.2) is 5.52 Å². The second kappa shape index (κ2) is 6.53. The van der Waals surface area contributed by atoms with Crippen molar-refractivity contribution in [2.75, 3.05) is 24.2 Å². The Bertz CT molecular complexity index is 616. The number of benzene rings is 1. The molecule has 0 spiro atoms. The number of fused-ring (bicyclic) bond motifs is 1. The molecule has 2 aromatic rings. The second-order valence-electron chi connectivity index (χ2n) is 3.99. The highest BCUT2D eigenvalue weighted by molar-refractivity contribution is 7.99. The number of anilines is 1. The van der Waals surface area contributed by atoms with Crippen LogP contribution in [0.15, 0.2) is 15.6 Å². The molecule has 2 rings (SSSR count). The number of hydrogen-bond donors (Lipinski definition) is 2. The molecule has 1 aromatic heterocycles. The third-order valence-corrected chi connectivity index (χ3v) is 3.78. The predicted molar refractivity (Wildman–Crippen MR) is 75.0 cm³/mol. The highest BCUT2D eigenvalue weighted by atomic mass is 32.2. The lowest BCUT2D eigenvalue weighted by Crippen LogP contribution is -2.08. The number of rotatable bonds is 7. The van der Waals surface area contributed by atoms with E-state index in [1.54, 1.807) is 6.07 Å². The Labute approximate surface area is 118 Å². The molecule has 1 aromatic carbocycles. The van der Waals surface area contributed by atoms with Crippen LogP contribution in [0, 0.1) is 10.1 Å². The standard InChI is InChI=1S/C11H14N4O4S/c1-2-5-20-8-6-7(12-3-4-16)11(15(17)18)10-9(8)13-19-14-10/h6,12,16H,2-5H2,1H3. The maximum absolute atomic E-state index is 11.2. The molecule has 0 aliphatic rings. The number of thioether (sulfide) groups is 1. The number of aromatic nitrogens is 2. The van der Waals surface area contributed by atoms with Crippen LogP contribution >= 0.6 is 11.8 Å². The Morgan fingerprint density at radius 2 is 2.25 bits per heavy atom. The summed E-state index contributed by atoms with van der Waals surface area (Å²) < 4.78 is 4.64. The van der Waals surface area contributed by atoms with Crippen molar-refractivity contribution >= 4 is 34.2 Å². The topological polar surface area (TPSA) is 114 Å². The average Bonchev–Trinajstić information content (AvgIpc) is 2.90. The summed E-state index contributed by atoms with van der Waals surface area (Å²) >= 11 is 1.53. The molecule has 2 N–H and O–H groups in total. The number of hydrogen-bond acceptors (Lipinski definition) is 8. The molecule has 0 unspecified atom stereocenters. The van der Waals surface area contributed by atoms with Crippen molar-refractivity contribution in [2.45, 2.75) is 18.2 Å². The van der Waals surface area contributed by atoms with Gasteiger partial charge in [-0.05, 0) is 28.6 Å². The van der Waals surface area contributed by atoms with E-state index in [9.17, 15) is 10.1 Å². The quantitative estimate of drug-likeness (QED) is 0.453. The number of nitrogens with zero attached hydrogens (tertiary/aromatic N) is 3. The summed E-state index contributed by atoms with van der Waals surface area (Å²) in [6.07, 6.45) is 0.966. The molecule has 1 heterocycles. The first kappa shape index (κ1) is 14.5. The zero-order chi connectivity index (χ0) is 14.5. The minimum absolute atomic E-state index is 0.121. The van der Waals surface area contributed by atoms with Crippen molar-refractivity contribution in [3.8, 4) is 0 Å². The van der Waals surface area contributed by atoms with Crippen LogP contribution in [0.4, 0.5) is 11.4 Å². The average molecular weight is 298 g/mol. The van der Waals surface area contributed by atoms with Gasteiger partial charge in [0.25, 0.3) is 0 Å². The van der Waals surface area contributed by atoms with E-state index in [2.05, 4.69) is 20.3 Å². The highest BCUT2D eigenvalue weighted by Gasteiger charge is 2.25. The summed E-state index contributed by atoms with van der Waals surface area (Å²) in [5, 5.41) is 30.3. The Morgan fingerprint density at radius 3 is 2.90 bits per heavy atom. The van der Waals surface area contributed by atoms with Gasteiger partial charge in [0.1, 0.15) is 5.69 Å². The van der Waals surface area contributed by atoms with E-state index in [1.807, 2.05) is 6.92 Å². The van der Waals surface area contributed by atoms with Crippen molar-refractivity contribution < 1.29 is 14.7 Å². The van der Waals surface area contributed by atoms with Crippen LogP contribution in [0.1, 0.15) is 13.3 Å². The molecule has 0 aliphatic heterocycles. The molecule has 0 bridgehead atoms. The van der Waals surface area contributed by atoms with E-state index in [0.29, 0.717) is 11.2 Å². The smallest absolute Gasteiger partial charge is 0.323 e. The van der Waals surface area contributed by atoms with Crippen LogP contribution in [-0.4, -0.2) is 39.2 Å². The van der Waals surface area contributed by atoms with Crippen LogP contribution in [0.3, 0.4) is 0 Å². The minimum atomic E-state index is -0.527. The molecule has 0 amide bonds. The Morgan fingerprint density at radius 1 is 1.50 bits per heavy atom. The van der Waals surface area contributed by atoms with Crippen molar-refractivity contribution in [1.29, 1.82) is 0 Å². The summed E-state index contributed by atoms with van der Waals surface area (Å²) in [6.45, 7) is 2.14. The Balaban J connectivity index is 2.55. The van der Waals surface area contributed by atoms with Crippen LogP contribution in [-0.2, 0) is 0 Å². The van der Waals surface area contributed by atoms with E-state index in [0.717, 1.165) is 17.1 Å². The Kier molecular flexibility index (Phi) is 4.74. The lowest BCUT2D eigenvalue weighted by Gasteiger charge is -2.08. The fraction of sp³-hybridized carbons (Fsp3) is 0.455. The summed E-state index contributed by atoms with van der Waals surface area (Å²) in [5.41, 5.74) is 0.641. The molecule has 0 radical (unpaired) electrons. The Hall–Kier alpha value is -1.87. The fourth-order valence-electron chi connectivity index (χ4n) is 1.73. The summed E-state index contributed by atoms with van der Waals surface area (Å²) in [4.78, 5) is 11.5. The van der Waals surface area contributed by atoms with Crippen LogP contribution in [0.5, 0.6) is 0 Å². The first-order valence-electron chi connectivity index (χ1n) is 6.10. The normalized spacial score (nSPS) is 10.9. The molecule has 20 heavy (non-hydrogen) atoms. The van der Waals surface area contributed by atoms with Gasteiger partial charge in [-0.15, -0.1) is 11.8 Å². The van der Waals surface area contributed by atoms with E-state index in [4.69, 9.17) is 5.11 Å². The van der Waals surface area contributed by atoms with E-state index >= 15 is 0 Å². The van der Waals surface area contributed by atoms with Gasteiger partial charge in [-0.2, -0.15) is 0 Å². The van der Waals surface area contributed by atoms with Gasteiger partial charge in [-0.25, -0.2) is 4.63 Å². The monoisotopic (exact) mass is 298 g/mol. The van der Waals surface area contributed by atoms with E-state index in [-0.39, 0.29) is 24.4 Å². The molecule has 108 valence electrons. The van der Waals surface area contributed by atoms with Gasteiger partial charge in [0, 0.05) is 11.4 Å². The van der Waals surface area contributed by atoms with Crippen molar-refractivity contribution in [1.82, 2.24) is 10.3 Å². The lowest BCUT2D eigenvalue weighted by atomic mass is 10.2. The molecule has 8 nitrogen and oxygen atoms in total. The lowest BCUT2D eigenvalue weighted by molar-refractivity contribution is -0.382. The van der Waals surface area contributed by atoms with Crippen molar-refractivity contribution in [3.63, 3.8) is 0 Å². The zero-order valence-electron chi connectivity index (χ0n) is 10.8. The van der Waals surface area contributed by atoms with Crippen LogP contribution in [0.2, 0.25) is 0 Å². The number of nitrogens with one attached hydrogen (secondary N) is 1. The van der Waals surface area contributed by atoms with Gasteiger partial charge < -0.3 is 10.4 Å². The second-order valence-corrected chi connectivity index (χ2v) is 5.13. The SMILES string of the molecule is CCCSc1cc(NCCO)c([N+](=O)[O-])c2nonc12. The molecule has 9 heteroatoms.